The van der Waals surface area contributed by atoms with Crippen LogP contribution < -0.4 is 119 Å². The van der Waals surface area contributed by atoms with Gasteiger partial charge < -0.3 is 32.5 Å². The van der Waals surface area contributed by atoms with Crippen molar-refractivity contribution in [3.63, 3.8) is 0 Å². The van der Waals surface area contributed by atoms with Gasteiger partial charge in [0.05, 0.1) is 5.60 Å². The fourth-order valence-corrected chi connectivity index (χ4v) is 4.20. The molecule has 1 aromatic heterocycles. The van der Waals surface area contributed by atoms with Crippen LogP contribution in [-0.4, -0.2) is 29.2 Å². The van der Waals surface area contributed by atoms with E-state index in [1.54, 1.807) is 44.4 Å². The summed E-state index contributed by atoms with van der Waals surface area (Å²) >= 11 is 7.53. The van der Waals surface area contributed by atoms with Crippen LogP contribution in [0.2, 0.25) is 5.02 Å². The molecule has 4 N–H and O–H groups in total. The summed E-state index contributed by atoms with van der Waals surface area (Å²) in [4.78, 5) is 35.6. The van der Waals surface area contributed by atoms with Crippen LogP contribution in [0.1, 0.15) is 33.9 Å². The van der Waals surface area contributed by atoms with Gasteiger partial charge >= 0.3 is 109 Å². The number of halogens is 1. The van der Waals surface area contributed by atoms with Crippen molar-refractivity contribution in [2.45, 2.75) is 32.5 Å². The number of rotatable bonds is 5. The molecule has 4 rings (SSSR count). The molecule has 0 aliphatic rings. The van der Waals surface area contributed by atoms with Gasteiger partial charge in [-0.3, -0.25) is 9.59 Å². The number of fused-ring (bicyclic) bond motifs is 2. The summed E-state index contributed by atoms with van der Waals surface area (Å²) in [5.41, 5.74) is 5.85. The molecule has 0 saturated heterocycles. The Bertz CT molecular complexity index is 1380. The largest absolute Gasteiger partial charge is 1.00 e. The van der Waals surface area contributed by atoms with E-state index in [9.17, 15) is 9.59 Å². The van der Waals surface area contributed by atoms with Crippen LogP contribution in [0.3, 0.4) is 0 Å². The zero-order valence-electron chi connectivity index (χ0n) is 23.3. The summed E-state index contributed by atoms with van der Waals surface area (Å²) in [5, 5.41) is 24.9. The monoisotopic (exact) mass is 624 g/mol. The van der Waals surface area contributed by atoms with E-state index in [4.69, 9.17) is 37.2 Å². The molecule has 1 unspecified atom stereocenters. The Hall–Kier alpha value is -0.427. The smallest absolute Gasteiger partial charge is 1.00 e. The van der Waals surface area contributed by atoms with Crippen molar-refractivity contribution in [1.82, 2.24) is 0 Å². The molecule has 39 heavy (non-hydrogen) atoms. The minimum Gasteiger partial charge on any atom is -1.00 e. The Balaban J connectivity index is 0. The molecule has 1 atom stereocenters. The quantitative estimate of drug-likeness (QED) is 0.109. The first-order valence-corrected chi connectivity index (χ1v) is 12.1. The molecular formula is C26H27ClK2N2O7S. The van der Waals surface area contributed by atoms with Gasteiger partial charge in [-0.1, -0.05) is 41.9 Å². The third kappa shape index (κ3) is 13.9. The molecule has 0 aliphatic carbocycles. The van der Waals surface area contributed by atoms with Crippen LogP contribution in [0.25, 0.3) is 20.9 Å². The Morgan fingerprint density at radius 3 is 2.26 bits per heavy atom. The Labute approximate surface area is 321 Å². The van der Waals surface area contributed by atoms with Crippen LogP contribution >= 0.6 is 22.9 Å². The maximum atomic E-state index is 12.9. The Kier molecular flexibility index (Phi) is 18.7. The average Bonchev–Trinajstić information content (AvgIpc) is 3.24. The van der Waals surface area contributed by atoms with Crippen molar-refractivity contribution < 1.29 is 139 Å². The molecule has 0 saturated carbocycles. The molecule has 198 valence electrons. The zero-order chi connectivity index (χ0) is 27.6. The minimum atomic E-state index is -1.18. The molecule has 9 nitrogen and oxygen atoms in total. The van der Waals surface area contributed by atoms with Crippen molar-refractivity contribution >= 4 is 68.0 Å². The fraction of sp³-hybridized carbons (Fsp3) is 0.192. The second-order valence-corrected chi connectivity index (χ2v) is 9.91. The molecular weight excluding hydrogens is 598 g/mol. The van der Waals surface area contributed by atoms with Crippen LogP contribution in [0.4, 0.5) is 10.5 Å². The van der Waals surface area contributed by atoms with Crippen LogP contribution in [0.5, 0.6) is 0 Å². The van der Waals surface area contributed by atoms with Crippen molar-refractivity contribution in [2.75, 3.05) is 5.32 Å². The van der Waals surface area contributed by atoms with Gasteiger partial charge in [0, 0.05) is 26.4 Å². The summed E-state index contributed by atoms with van der Waals surface area (Å²) < 4.78 is 6.08. The van der Waals surface area contributed by atoms with E-state index >= 15 is 0 Å². The van der Waals surface area contributed by atoms with Gasteiger partial charge in [0.15, 0.2) is 0 Å². The molecule has 0 spiro atoms. The maximum Gasteiger partial charge on any atom is 1.00 e. The standard InChI is InChI=1S/C21H15ClN2O3S.C4H10O.CH2O3.2K.H/c22-14-6-8-18-16(10-14)17(11-28-18)19(27-21(23)26)20(25)24-15-7-5-12-3-1-2-4-13(12)9-15;1-4(2,3)5;2-1-4-3;;;/h1-11,19H,(H2,23,26)(H,24,25);5H,1-3H3;1,3H;;;/q;;;2*+1;-1/p-1. The van der Waals surface area contributed by atoms with E-state index in [1.165, 1.54) is 11.3 Å². The number of benzene rings is 3. The van der Waals surface area contributed by atoms with Crippen molar-refractivity contribution in [1.29, 1.82) is 0 Å². The van der Waals surface area contributed by atoms with Gasteiger partial charge in [0.25, 0.3) is 12.4 Å². The molecule has 0 fully saturated rings. The maximum absolute atomic E-state index is 12.9. The minimum absolute atomic E-state index is 0. The van der Waals surface area contributed by atoms with E-state index in [1.807, 2.05) is 42.5 Å². The predicted octanol–water partition coefficient (Wildman–Crippen LogP) is -1.18. The number of ether oxygens (including phenoxy) is 1. The molecule has 2 amide bonds. The van der Waals surface area contributed by atoms with Crippen LogP contribution in [-0.2, 0) is 19.2 Å². The van der Waals surface area contributed by atoms with Gasteiger partial charge in [0.2, 0.25) is 6.10 Å². The molecule has 0 radical (unpaired) electrons. The number of primary amides is 1. The number of thiophene rings is 1. The molecule has 1 heterocycles. The number of aliphatic hydroxyl groups is 1. The second-order valence-electron chi connectivity index (χ2n) is 8.56. The summed E-state index contributed by atoms with van der Waals surface area (Å²) in [5.74, 6) is -0.492. The van der Waals surface area contributed by atoms with E-state index in [2.05, 4.69) is 10.2 Å². The molecule has 13 heteroatoms. The summed E-state index contributed by atoms with van der Waals surface area (Å²) in [7, 11) is 0. The van der Waals surface area contributed by atoms with Crippen molar-refractivity contribution in [2.24, 2.45) is 5.73 Å². The fourth-order valence-electron chi connectivity index (χ4n) is 3.07. The number of carbonyl (C=O) groups is 3. The first-order valence-electron chi connectivity index (χ1n) is 10.8. The predicted molar refractivity (Wildman–Crippen MR) is 143 cm³/mol. The second kappa shape index (κ2) is 18.9. The number of hydrogen-bond acceptors (Lipinski definition) is 8. The Morgan fingerprint density at radius 1 is 1.10 bits per heavy atom. The van der Waals surface area contributed by atoms with Crippen LogP contribution in [0.15, 0.2) is 66.0 Å². The molecule has 0 bridgehead atoms. The molecule has 3 aromatic carbocycles. The number of nitrogens with two attached hydrogens (primary N) is 1. The molecule has 0 aliphatic heterocycles. The Morgan fingerprint density at radius 2 is 1.69 bits per heavy atom. The van der Waals surface area contributed by atoms with Crippen molar-refractivity contribution in [3.05, 3.63) is 76.6 Å². The number of carbonyl (C=O) groups excluding carboxylic acids is 3. The van der Waals surface area contributed by atoms with E-state index in [0.717, 1.165) is 20.9 Å². The first kappa shape index (κ1) is 38.6. The summed E-state index contributed by atoms with van der Waals surface area (Å²) in [6, 6.07) is 18.7. The first-order chi connectivity index (χ1) is 17.4. The summed E-state index contributed by atoms with van der Waals surface area (Å²) in [6.07, 6.45) is -2.21. The van der Waals surface area contributed by atoms with E-state index in [-0.39, 0.29) is 111 Å². The van der Waals surface area contributed by atoms with Crippen molar-refractivity contribution in [3.8, 4) is 0 Å². The number of amides is 2. The summed E-state index contributed by atoms with van der Waals surface area (Å²) in [6.45, 7) is 5.05. The van der Waals surface area contributed by atoms with Gasteiger partial charge in [-0.25, -0.2) is 4.79 Å². The number of hydrogen-bond donors (Lipinski definition) is 3. The molecule has 4 aromatic rings. The zero-order valence-corrected chi connectivity index (χ0v) is 30.1. The third-order valence-electron chi connectivity index (χ3n) is 4.38. The van der Waals surface area contributed by atoms with E-state index in [0.29, 0.717) is 16.3 Å². The third-order valence-corrected chi connectivity index (χ3v) is 5.59. The average molecular weight is 625 g/mol. The van der Waals surface area contributed by atoms with Crippen LogP contribution in [0, 0.1) is 0 Å². The number of anilines is 1. The van der Waals surface area contributed by atoms with E-state index < -0.39 is 23.7 Å². The topological polar surface area (TPSA) is 151 Å². The van der Waals surface area contributed by atoms with Gasteiger partial charge in [-0.2, -0.15) is 0 Å². The van der Waals surface area contributed by atoms with Gasteiger partial charge in [0.1, 0.15) is 0 Å². The SMILES string of the molecule is CC(C)(C)O.NC(=O)OC(C(=O)Nc1ccc2ccccc2c1)c1csc2ccc(Cl)cc12.O=CO[O-].[H-].[K+].[K+]. The van der Waals surface area contributed by atoms with Gasteiger partial charge in [-0.15, -0.1) is 11.3 Å². The van der Waals surface area contributed by atoms with Gasteiger partial charge in [-0.05, 0) is 67.3 Å². The number of nitrogens with one attached hydrogen (secondary N) is 1. The normalized spacial score (nSPS) is 10.7.